The van der Waals surface area contributed by atoms with E-state index in [1.165, 1.54) is 51.9 Å². The molecule has 2 N–H and O–H groups in total. The van der Waals surface area contributed by atoms with Crippen LogP contribution in [-0.4, -0.2) is 55.1 Å². The molecule has 1 unspecified atom stereocenters. The number of nitrogens with zero attached hydrogens (tertiary/aromatic N) is 2. The van der Waals surface area contributed by atoms with Gasteiger partial charge in [-0.25, -0.2) is 0 Å². The zero-order valence-corrected chi connectivity index (χ0v) is 9.28. The number of rotatable bonds is 2. The second-order valence-electron chi connectivity index (χ2n) is 4.91. The van der Waals surface area contributed by atoms with Crippen LogP contribution < -0.4 is 5.73 Å². The first-order valence-electron chi connectivity index (χ1n) is 5.94. The van der Waals surface area contributed by atoms with Crippen LogP contribution in [0.25, 0.3) is 0 Å². The van der Waals surface area contributed by atoms with Crippen LogP contribution in [0.1, 0.15) is 25.7 Å². The summed E-state index contributed by atoms with van der Waals surface area (Å²) in [6, 6.07) is 1.27. The Balaban J connectivity index is 1.74. The third kappa shape index (κ3) is 2.47. The lowest BCUT2D eigenvalue weighted by atomic mass is 10.1. The lowest BCUT2D eigenvalue weighted by molar-refractivity contribution is 0.161. The van der Waals surface area contributed by atoms with E-state index in [0.29, 0.717) is 6.04 Å². The summed E-state index contributed by atoms with van der Waals surface area (Å²) < 4.78 is 0. The molecule has 0 aromatic heterocycles. The van der Waals surface area contributed by atoms with Crippen molar-refractivity contribution in [1.29, 1.82) is 0 Å². The molecule has 3 heteroatoms. The highest BCUT2D eigenvalue weighted by Gasteiger charge is 2.24. The minimum atomic E-state index is 0.465. The van der Waals surface area contributed by atoms with Gasteiger partial charge in [-0.2, -0.15) is 0 Å². The lowest BCUT2D eigenvalue weighted by Gasteiger charge is -2.33. The Bertz CT molecular complexity index is 175. The molecule has 0 bridgehead atoms. The summed E-state index contributed by atoms with van der Waals surface area (Å²) in [6.07, 6.45) is 5.15. The fourth-order valence-corrected chi connectivity index (χ4v) is 2.64. The minimum Gasteiger partial charge on any atom is -0.328 e. The first kappa shape index (κ1) is 10.4. The molecule has 2 aliphatic rings. The fourth-order valence-electron chi connectivity index (χ4n) is 2.64. The van der Waals surface area contributed by atoms with Crippen LogP contribution in [0.4, 0.5) is 0 Å². The molecule has 2 fully saturated rings. The Hall–Kier alpha value is -0.120. The van der Waals surface area contributed by atoms with Gasteiger partial charge in [0.05, 0.1) is 0 Å². The molecule has 0 spiro atoms. The molecule has 3 nitrogen and oxygen atoms in total. The molecule has 1 atom stereocenters. The smallest absolute Gasteiger partial charge is 0.0220 e. The number of piperidine rings is 1. The second kappa shape index (κ2) is 4.60. The quantitative estimate of drug-likeness (QED) is 0.700. The van der Waals surface area contributed by atoms with Crippen LogP contribution in [-0.2, 0) is 0 Å². The number of nitrogens with two attached hydrogens (primary N) is 1. The summed E-state index contributed by atoms with van der Waals surface area (Å²) in [4.78, 5) is 5.10. The number of likely N-dealkylation sites (N-methyl/N-ethyl adjacent to an activating group) is 1. The SMILES string of the molecule is CN1CCCC1CN1CCC(N)CC1. The van der Waals surface area contributed by atoms with Gasteiger partial charge in [-0.3, -0.25) is 0 Å². The highest BCUT2D eigenvalue weighted by atomic mass is 15.2. The molecule has 0 aromatic carbocycles. The predicted molar refractivity (Wildman–Crippen MR) is 59.3 cm³/mol. The Morgan fingerprint density at radius 1 is 1.14 bits per heavy atom. The van der Waals surface area contributed by atoms with Crippen molar-refractivity contribution in [2.45, 2.75) is 37.8 Å². The second-order valence-corrected chi connectivity index (χ2v) is 4.91. The van der Waals surface area contributed by atoms with Gasteiger partial charge >= 0.3 is 0 Å². The summed E-state index contributed by atoms with van der Waals surface area (Å²) in [5.74, 6) is 0. The zero-order valence-electron chi connectivity index (χ0n) is 9.28. The van der Waals surface area contributed by atoms with Crippen LogP contribution in [0.5, 0.6) is 0 Å². The van der Waals surface area contributed by atoms with E-state index in [1.807, 2.05) is 0 Å². The fraction of sp³-hybridized carbons (Fsp3) is 1.00. The molecule has 14 heavy (non-hydrogen) atoms. The average molecular weight is 197 g/mol. The molecule has 2 aliphatic heterocycles. The van der Waals surface area contributed by atoms with Gasteiger partial charge in [-0.15, -0.1) is 0 Å². The minimum absolute atomic E-state index is 0.465. The molecule has 82 valence electrons. The van der Waals surface area contributed by atoms with E-state index in [4.69, 9.17) is 5.73 Å². The molecular formula is C11H23N3. The van der Waals surface area contributed by atoms with Gasteiger partial charge in [0.25, 0.3) is 0 Å². The molecular weight excluding hydrogens is 174 g/mol. The largest absolute Gasteiger partial charge is 0.328 e. The number of hydrogen-bond acceptors (Lipinski definition) is 3. The third-order valence-electron chi connectivity index (χ3n) is 3.77. The summed E-state index contributed by atoms with van der Waals surface area (Å²) in [6.45, 7) is 4.98. The summed E-state index contributed by atoms with van der Waals surface area (Å²) in [7, 11) is 2.26. The molecule has 0 saturated carbocycles. The third-order valence-corrected chi connectivity index (χ3v) is 3.77. The molecule has 0 radical (unpaired) electrons. The van der Waals surface area contributed by atoms with E-state index in [9.17, 15) is 0 Å². The summed E-state index contributed by atoms with van der Waals surface area (Å²) in [5.41, 5.74) is 5.90. The molecule has 0 aromatic rings. The van der Waals surface area contributed by atoms with E-state index < -0.39 is 0 Å². The summed E-state index contributed by atoms with van der Waals surface area (Å²) >= 11 is 0. The molecule has 2 heterocycles. The van der Waals surface area contributed by atoms with Crippen LogP contribution in [0.2, 0.25) is 0 Å². The average Bonchev–Trinajstić information content (AvgIpc) is 2.56. The Morgan fingerprint density at radius 2 is 1.86 bits per heavy atom. The van der Waals surface area contributed by atoms with Gasteiger partial charge in [0.15, 0.2) is 0 Å². The van der Waals surface area contributed by atoms with E-state index in [0.717, 1.165) is 6.04 Å². The van der Waals surface area contributed by atoms with E-state index in [-0.39, 0.29) is 0 Å². The highest BCUT2D eigenvalue weighted by molar-refractivity contribution is 4.82. The molecule has 2 saturated heterocycles. The monoisotopic (exact) mass is 197 g/mol. The molecule has 2 rings (SSSR count). The van der Waals surface area contributed by atoms with Crippen molar-refractivity contribution in [2.75, 3.05) is 33.2 Å². The maximum absolute atomic E-state index is 5.90. The van der Waals surface area contributed by atoms with Gasteiger partial charge in [-0.05, 0) is 52.4 Å². The first-order chi connectivity index (χ1) is 6.75. The Morgan fingerprint density at radius 3 is 2.43 bits per heavy atom. The van der Waals surface area contributed by atoms with Crippen LogP contribution >= 0.6 is 0 Å². The topological polar surface area (TPSA) is 32.5 Å². The maximum atomic E-state index is 5.90. The van der Waals surface area contributed by atoms with Crippen molar-refractivity contribution in [3.63, 3.8) is 0 Å². The number of hydrogen-bond donors (Lipinski definition) is 1. The number of likely N-dealkylation sites (tertiary alicyclic amines) is 2. The van der Waals surface area contributed by atoms with Gasteiger partial charge in [0.2, 0.25) is 0 Å². The van der Waals surface area contributed by atoms with Crippen LogP contribution in [0, 0.1) is 0 Å². The van der Waals surface area contributed by atoms with E-state index in [2.05, 4.69) is 16.8 Å². The van der Waals surface area contributed by atoms with E-state index >= 15 is 0 Å². The van der Waals surface area contributed by atoms with Crippen molar-refractivity contribution in [1.82, 2.24) is 9.80 Å². The predicted octanol–water partition coefficient (Wildman–Crippen LogP) is 0.504. The van der Waals surface area contributed by atoms with Gasteiger partial charge in [0, 0.05) is 18.6 Å². The summed E-state index contributed by atoms with van der Waals surface area (Å²) in [5, 5.41) is 0. The Kier molecular flexibility index (Phi) is 3.42. The van der Waals surface area contributed by atoms with Crippen molar-refractivity contribution >= 4 is 0 Å². The van der Waals surface area contributed by atoms with Crippen molar-refractivity contribution in [3.05, 3.63) is 0 Å². The van der Waals surface area contributed by atoms with Crippen molar-refractivity contribution < 1.29 is 0 Å². The molecule has 0 aliphatic carbocycles. The maximum Gasteiger partial charge on any atom is 0.0220 e. The van der Waals surface area contributed by atoms with Gasteiger partial charge in [-0.1, -0.05) is 0 Å². The van der Waals surface area contributed by atoms with Crippen molar-refractivity contribution in [2.24, 2.45) is 5.73 Å². The lowest BCUT2D eigenvalue weighted by Crippen LogP contribution is -2.45. The van der Waals surface area contributed by atoms with Crippen LogP contribution in [0.3, 0.4) is 0 Å². The molecule has 0 amide bonds. The van der Waals surface area contributed by atoms with Crippen molar-refractivity contribution in [3.8, 4) is 0 Å². The normalized spacial score (nSPS) is 32.6. The van der Waals surface area contributed by atoms with E-state index in [1.54, 1.807) is 0 Å². The zero-order chi connectivity index (χ0) is 9.97. The van der Waals surface area contributed by atoms with Gasteiger partial charge in [0.1, 0.15) is 0 Å². The Labute approximate surface area is 87.2 Å². The van der Waals surface area contributed by atoms with Crippen LogP contribution in [0.15, 0.2) is 0 Å². The highest BCUT2D eigenvalue weighted by Crippen LogP contribution is 2.17. The van der Waals surface area contributed by atoms with Gasteiger partial charge < -0.3 is 15.5 Å². The standard InChI is InChI=1S/C11H23N3/c1-13-6-2-3-11(13)9-14-7-4-10(12)5-8-14/h10-11H,2-9,12H2,1H3. The first-order valence-corrected chi connectivity index (χ1v) is 5.94.